The SMILES string of the molecule is CC[C@@H](CNC(=O)[C@H](C)OC(=O)c1ccc(OC(F)F)c(OC)c1)c1ccccc1. The van der Waals surface area contributed by atoms with E-state index in [1.807, 2.05) is 37.3 Å². The molecule has 162 valence electrons. The highest BCUT2D eigenvalue weighted by atomic mass is 19.3. The van der Waals surface area contributed by atoms with Gasteiger partial charge >= 0.3 is 12.6 Å². The van der Waals surface area contributed by atoms with Gasteiger partial charge in [-0.05, 0) is 37.1 Å². The van der Waals surface area contributed by atoms with Crippen LogP contribution < -0.4 is 14.8 Å². The number of carbonyl (C=O) groups is 2. The van der Waals surface area contributed by atoms with Crippen molar-refractivity contribution in [2.24, 2.45) is 0 Å². The average molecular weight is 421 g/mol. The van der Waals surface area contributed by atoms with E-state index in [9.17, 15) is 18.4 Å². The molecule has 0 saturated heterocycles. The minimum atomic E-state index is -3.02. The van der Waals surface area contributed by atoms with E-state index < -0.39 is 24.6 Å². The third kappa shape index (κ3) is 6.43. The van der Waals surface area contributed by atoms with Crippen LogP contribution in [0, 0.1) is 0 Å². The first kappa shape index (κ1) is 23.1. The molecular formula is C22H25F2NO5. The van der Waals surface area contributed by atoms with Gasteiger partial charge in [-0.3, -0.25) is 4.79 Å². The number of methoxy groups -OCH3 is 1. The van der Waals surface area contributed by atoms with E-state index in [1.165, 1.54) is 32.2 Å². The molecule has 30 heavy (non-hydrogen) atoms. The molecule has 0 aliphatic heterocycles. The topological polar surface area (TPSA) is 73.9 Å². The smallest absolute Gasteiger partial charge is 0.387 e. The normalized spacial score (nSPS) is 12.7. The summed E-state index contributed by atoms with van der Waals surface area (Å²) >= 11 is 0. The van der Waals surface area contributed by atoms with Gasteiger partial charge < -0.3 is 19.5 Å². The van der Waals surface area contributed by atoms with Crippen molar-refractivity contribution >= 4 is 11.9 Å². The molecule has 2 rings (SSSR count). The van der Waals surface area contributed by atoms with Crippen LogP contribution in [-0.2, 0) is 9.53 Å². The summed E-state index contributed by atoms with van der Waals surface area (Å²) in [5.41, 5.74) is 1.16. The molecule has 0 aromatic heterocycles. The van der Waals surface area contributed by atoms with E-state index in [-0.39, 0.29) is 23.0 Å². The number of carbonyl (C=O) groups excluding carboxylic acids is 2. The molecule has 2 aromatic rings. The number of rotatable bonds is 10. The van der Waals surface area contributed by atoms with Crippen LogP contribution in [0.3, 0.4) is 0 Å². The van der Waals surface area contributed by atoms with Crippen LogP contribution in [-0.4, -0.2) is 38.2 Å². The van der Waals surface area contributed by atoms with Gasteiger partial charge in [-0.2, -0.15) is 8.78 Å². The molecule has 0 bridgehead atoms. The summed E-state index contributed by atoms with van der Waals surface area (Å²) in [6.07, 6.45) is -0.195. The number of esters is 1. The summed E-state index contributed by atoms with van der Waals surface area (Å²) in [5, 5.41) is 2.80. The number of halogens is 2. The molecule has 0 fully saturated rings. The van der Waals surface area contributed by atoms with Gasteiger partial charge in [0.05, 0.1) is 12.7 Å². The number of amides is 1. The molecule has 0 unspecified atom stereocenters. The number of hydrogen-bond donors (Lipinski definition) is 1. The first-order valence-corrected chi connectivity index (χ1v) is 9.52. The molecule has 2 atom stereocenters. The molecule has 2 aromatic carbocycles. The second-order valence-electron chi connectivity index (χ2n) is 6.55. The standard InChI is InChI=1S/C22H25F2NO5/c1-4-15(16-8-6-5-7-9-16)13-25-20(26)14(2)29-21(27)17-10-11-18(30-22(23)24)19(12-17)28-3/h5-12,14-15,22H,4,13H2,1-3H3,(H,25,26)/t14-,15-/m0/s1. The first-order chi connectivity index (χ1) is 14.3. The molecule has 8 heteroatoms. The van der Waals surface area contributed by atoms with Crippen molar-refractivity contribution in [1.82, 2.24) is 5.32 Å². The van der Waals surface area contributed by atoms with E-state index in [2.05, 4.69) is 10.1 Å². The Bertz CT molecular complexity index is 845. The van der Waals surface area contributed by atoms with E-state index >= 15 is 0 Å². The fraction of sp³-hybridized carbons (Fsp3) is 0.364. The highest BCUT2D eigenvalue weighted by Gasteiger charge is 2.21. The van der Waals surface area contributed by atoms with Crippen molar-refractivity contribution in [1.29, 1.82) is 0 Å². The van der Waals surface area contributed by atoms with Crippen LogP contribution in [0.25, 0.3) is 0 Å². The fourth-order valence-corrected chi connectivity index (χ4v) is 2.86. The summed E-state index contributed by atoms with van der Waals surface area (Å²) in [5.74, 6) is -1.32. The first-order valence-electron chi connectivity index (χ1n) is 9.52. The summed E-state index contributed by atoms with van der Waals surface area (Å²) in [6.45, 7) is 0.877. The van der Waals surface area contributed by atoms with Gasteiger partial charge in [0.15, 0.2) is 17.6 Å². The van der Waals surface area contributed by atoms with Gasteiger partial charge in [-0.1, -0.05) is 37.3 Å². The molecule has 0 aliphatic carbocycles. The number of hydrogen-bond acceptors (Lipinski definition) is 5. The van der Waals surface area contributed by atoms with Crippen LogP contribution >= 0.6 is 0 Å². The largest absolute Gasteiger partial charge is 0.493 e. The van der Waals surface area contributed by atoms with Crippen molar-refractivity contribution < 1.29 is 32.6 Å². The van der Waals surface area contributed by atoms with Gasteiger partial charge in [0.1, 0.15) is 0 Å². The van der Waals surface area contributed by atoms with Gasteiger partial charge in [0, 0.05) is 12.5 Å². The lowest BCUT2D eigenvalue weighted by molar-refractivity contribution is -0.129. The molecule has 1 amide bonds. The van der Waals surface area contributed by atoms with Crippen LogP contribution in [0.1, 0.15) is 42.1 Å². The van der Waals surface area contributed by atoms with E-state index in [1.54, 1.807) is 0 Å². The number of alkyl halides is 2. The van der Waals surface area contributed by atoms with Crippen LogP contribution in [0.5, 0.6) is 11.5 Å². The molecule has 6 nitrogen and oxygen atoms in total. The summed E-state index contributed by atoms with van der Waals surface area (Å²) < 4.78 is 39.3. The van der Waals surface area contributed by atoms with E-state index in [0.717, 1.165) is 12.0 Å². The van der Waals surface area contributed by atoms with Crippen molar-refractivity contribution in [3.63, 3.8) is 0 Å². The van der Waals surface area contributed by atoms with Gasteiger partial charge in [-0.25, -0.2) is 4.79 Å². The Morgan fingerprint density at radius 1 is 1.07 bits per heavy atom. The molecule has 0 aliphatic rings. The van der Waals surface area contributed by atoms with Gasteiger partial charge in [-0.15, -0.1) is 0 Å². The summed E-state index contributed by atoms with van der Waals surface area (Å²) in [4.78, 5) is 24.7. The maximum Gasteiger partial charge on any atom is 0.387 e. The highest BCUT2D eigenvalue weighted by Crippen LogP contribution is 2.29. The second-order valence-corrected chi connectivity index (χ2v) is 6.55. The van der Waals surface area contributed by atoms with E-state index in [0.29, 0.717) is 6.54 Å². The van der Waals surface area contributed by atoms with Crippen molar-refractivity contribution in [2.75, 3.05) is 13.7 Å². The number of benzene rings is 2. The summed E-state index contributed by atoms with van der Waals surface area (Å²) in [7, 11) is 1.26. The third-order valence-electron chi connectivity index (χ3n) is 4.55. The number of ether oxygens (including phenoxy) is 3. The van der Waals surface area contributed by atoms with Crippen molar-refractivity contribution in [3.05, 3.63) is 59.7 Å². The van der Waals surface area contributed by atoms with E-state index in [4.69, 9.17) is 9.47 Å². The third-order valence-corrected chi connectivity index (χ3v) is 4.55. The Morgan fingerprint density at radius 2 is 1.77 bits per heavy atom. The minimum absolute atomic E-state index is 0.0452. The fourth-order valence-electron chi connectivity index (χ4n) is 2.86. The Labute approximate surface area is 174 Å². The molecule has 1 N–H and O–H groups in total. The number of nitrogens with one attached hydrogen (secondary N) is 1. The quantitative estimate of drug-likeness (QED) is 0.584. The molecule has 0 heterocycles. The highest BCUT2D eigenvalue weighted by molar-refractivity contribution is 5.92. The maximum absolute atomic E-state index is 12.4. The lowest BCUT2D eigenvalue weighted by Gasteiger charge is -2.19. The van der Waals surface area contributed by atoms with Crippen molar-refractivity contribution in [2.45, 2.75) is 38.9 Å². The lowest BCUT2D eigenvalue weighted by atomic mass is 9.96. The average Bonchev–Trinajstić information content (AvgIpc) is 2.74. The Hall–Kier alpha value is -3.16. The zero-order valence-electron chi connectivity index (χ0n) is 17.1. The second kappa shape index (κ2) is 11.1. The van der Waals surface area contributed by atoms with Gasteiger partial charge in [0.25, 0.3) is 5.91 Å². The van der Waals surface area contributed by atoms with Crippen LogP contribution in [0.4, 0.5) is 8.78 Å². The monoisotopic (exact) mass is 421 g/mol. The van der Waals surface area contributed by atoms with Crippen LogP contribution in [0.2, 0.25) is 0 Å². The Balaban J connectivity index is 1.95. The Kier molecular flexibility index (Phi) is 8.58. The molecular weight excluding hydrogens is 396 g/mol. The lowest BCUT2D eigenvalue weighted by Crippen LogP contribution is -2.38. The predicted octanol–water partition coefficient (Wildman–Crippen LogP) is 4.15. The summed E-state index contributed by atoms with van der Waals surface area (Å²) in [6, 6.07) is 13.5. The molecule has 0 radical (unpaired) electrons. The minimum Gasteiger partial charge on any atom is -0.493 e. The maximum atomic E-state index is 12.4. The zero-order chi connectivity index (χ0) is 22.1. The predicted molar refractivity (Wildman–Crippen MR) is 107 cm³/mol. The Morgan fingerprint density at radius 3 is 2.37 bits per heavy atom. The zero-order valence-corrected chi connectivity index (χ0v) is 17.1. The molecule has 0 saturated carbocycles. The van der Waals surface area contributed by atoms with Crippen LogP contribution in [0.15, 0.2) is 48.5 Å². The van der Waals surface area contributed by atoms with Crippen molar-refractivity contribution in [3.8, 4) is 11.5 Å². The van der Waals surface area contributed by atoms with Gasteiger partial charge in [0.2, 0.25) is 0 Å². The molecule has 0 spiro atoms.